The normalized spacial score (nSPS) is 29.1. The summed E-state index contributed by atoms with van der Waals surface area (Å²) in [5.41, 5.74) is 3.17. The van der Waals surface area contributed by atoms with E-state index in [1.807, 2.05) is 0 Å². The smallest absolute Gasteiger partial charge is 0.00936 e. The summed E-state index contributed by atoms with van der Waals surface area (Å²) in [6.07, 6.45) is 6.71. The van der Waals surface area contributed by atoms with Gasteiger partial charge in [-0.1, -0.05) is 31.2 Å². The van der Waals surface area contributed by atoms with Crippen molar-refractivity contribution in [3.8, 4) is 0 Å². The van der Waals surface area contributed by atoms with Gasteiger partial charge in [-0.15, -0.1) is 0 Å². The zero-order valence-corrected chi connectivity index (χ0v) is 12.9. The molecule has 0 aliphatic heterocycles. The van der Waals surface area contributed by atoms with E-state index in [4.69, 9.17) is 0 Å². The van der Waals surface area contributed by atoms with Crippen LogP contribution in [0.2, 0.25) is 0 Å². The van der Waals surface area contributed by atoms with Crippen molar-refractivity contribution in [2.75, 3.05) is 20.1 Å². The molecule has 2 nitrogen and oxygen atoms in total. The molecule has 0 saturated heterocycles. The minimum absolute atomic E-state index is 0.772. The minimum atomic E-state index is 0.772. The van der Waals surface area contributed by atoms with Gasteiger partial charge < -0.3 is 10.2 Å². The maximum Gasteiger partial charge on any atom is 0.00936 e. The lowest BCUT2D eigenvalue weighted by molar-refractivity contribution is 0.162. The summed E-state index contributed by atoms with van der Waals surface area (Å²) in [5.74, 6) is 0.780. The Hall–Kier alpha value is -0.860. The van der Waals surface area contributed by atoms with Crippen LogP contribution in [-0.4, -0.2) is 37.1 Å². The molecule has 2 heteroatoms. The van der Waals surface area contributed by atoms with Crippen molar-refractivity contribution in [1.29, 1.82) is 0 Å². The Morgan fingerprint density at radius 3 is 2.60 bits per heavy atom. The molecule has 110 valence electrons. The number of nitrogens with zero attached hydrogens (tertiary/aromatic N) is 1. The van der Waals surface area contributed by atoms with E-state index in [0.717, 1.165) is 24.5 Å². The molecule has 1 aromatic carbocycles. The molecule has 1 N–H and O–H groups in total. The molecular weight excluding hydrogens is 244 g/mol. The third kappa shape index (κ3) is 2.91. The van der Waals surface area contributed by atoms with Crippen molar-refractivity contribution in [3.63, 3.8) is 0 Å². The highest BCUT2D eigenvalue weighted by Gasteiger charge is 2.29. The second-order valence-corrected chi connectivity index (χ2v) is 6.60. The Bertz CT molecular complexity index is 435. The van der Waals surface area contributed by atoms with Crippen LogP contribution in [-0.2, 0) is 6.42 Å². The van der Waals surface area contributed by atoms with Gasteiger partial charge in [0.1, 0.15) is 0 Å². The highest BCUT2D eigenvalue weighted by atomic mass is 15.1. The van der Waals surface area contributed by atoms with Crippen molar-refractivity contribution in [1.82, 2.24) is 10.2 Å². The quantitative estimate of drug-likeness (QED) is 0.885. The summed E-state index contributed by atoms with van der Waals surface area (Å²) in [6.45, 7) is 4.57. The fraction of sp³-hybridized carbons (Fsp3) is 0.667. The molecule has 3 rings (SSSR count). The minimum Gasteiger partial charge on any atom is -0.314 e. The monoisotopic (exact) mass is 272 g/mol. The fourth-order valence-corrected chi connectivity index (χ4v) is 4.03. The van der Waals surface area contributed by atoms with Crippen LogP contribution in [0.5, 0.6) is 0 Å². The lowest BCUT2D eigenvalue weighted by atomic mass is 9.77. The summed E-state index contributed by atoms with van der Waals surface area (Å²) in [4.78, 5) is 2.63. The highest BCUT2D eigenvalue weighted by molar-refractivity contribution is 5.40. The van der Waals surface area contributed by atoms with Gasteiger partial charge in [-0.3, -0.25) is 0 Å². The third-order valence-electron chi connectivity index (χ3n) is 5.28. The van der Waals surface area contributed by atoms with Crippen LogP contribution in [0.4, 0.5) is 0 Å². The van der Waals surface area contributed by atoms with Crippen molar-refractivity contribution in [2.24, 2.45) is 0 Å². The van der Waals surface area contributed by atoms with Crippen LogP contribution >= 0.6 is 0 Å². The summed E-state index contributed by atoms with van der Waals surface area (Å²) in [6, 6.07) is 10.5. The van der Waals surface area contributed by atoms with Crippen molar-refractivity contribution < 1.29 is 0 Å². The average Bonchev–Trinajstić information content (AvgIpc) is 2.46. The standard InChI is InChI=1S/C18H28N2/c1-3-19-16-8-10-17(11-9-16)20(2)13-15-12-14-6-4-5-7-18(14)15/h4-7,15-17,19H,3,8-13H2,1-2H3. The van der Waals surface area contributed by atoms with E-state index in [-0.39, 0.29) is 0 Å². The Morgan fingerprint density at radius 1 is 1.15 bits per heavy atom. The number of fused-ring (bicyclic) bond motifs is 1. The molecule has 0 bridgehead atoms. The molecule has 1 fully saturated rings. The maximum absolute atomic E-state index is 3.60. The van der Waals surface area contributed by atoms with E-state index in [2.05, 4.69) is 48.5 Å². The Kier molecular flexibility index (Phi) is 4.42. The van der Waals surface area contributed by atoms with Gasteiger partial charge in [0.05, 0.1) is 0 Å². The summed E-state index contributed by atoms with van der Waals surface area (Å²) in [5, 5.41) is 3.60. The summed E-state index contributed by atoms with van der Waals surface area (Å²) < 4.78 is 0. The van der Waals surface area contributed by atoms with Gasteiger partial charge in [-0.2, -0.15) is 0 Å². The van der Waals surface area contributed by atoms with Crippen LogP contribution in [0, 0.1) is 0 Å². The fourth-order valence-electron chi connectivity index (χ4n) is 4.03. The van der Waals surface area contributed by atoms with Crippen molar-refractivity contribution in [2.45, 2.75) is 57.0 Å². The van der Waals surface area contributed by atoms with E-state index in [0.29, 0.717) is 0 Å². The first-order valence-electron chi connectivity index (χ1n) is 8.29. The van der Waals surface area contributed by atoms with Crippen LogP contribution in [0.25, 0.3) is 0 Å². The highest BCUT2D eigenvalue weighted by Crippen LogP contribution is 2.36. The summed E-state index contributed by atoms with van der Waals surface area (Å²) in [7, 11) is 2.33. The number of rotatable bonds is 5. The molecule has 20 heavy (non-hydrogen) atoms. The van der Waals surface area contributed by atoms with Crippen LogP contribution < -0.4 is 5.32 Å². The zero-order valence-electron chi connectivity index (χ0n) is 12.9. The molecule has 0 spiro atoms. The van der Waals surface area contributed by atoms with Gasteiger partial charge in [-0.25, -0.2) is 0 Å². The van der Waals surface area contributed by atoms with Crippen LogP contribution in [0.3, 0.4) is 0 Å². The summed E-state index contributed by atoms with van der Waals surface area (Å²) >= 11 is 0. The van der Waals surface area contributed by atoms with Crippen molar-refractivity contribution in [3.05, 3.63) is 35.4 Å². The second kappa shape index (κ2) is 6.28. The van der Waals surface area contributed by atoms with Gasteiger partial charge in [0.25, 0.3) is 0 Å². The Labute approximate surface area is 123 Å². The van der Waals surface area contributed by atoms with Crippen molar-refractivity contribution >= 4 is 0 Å². The van der Waals surface area contributed by atoms with Crippen LogP contribution in [0.15, 0.2) is 24.3 Å². The molecule has 0 heterocycles. The first-order chi connectivity index (χ1) is 9.78. The van der Waals surface area contributed by atoms with E-state index < -0.39 is 0 Å². The predicted octanol–water partition coefficient (Wildman–Crippen LogP) is 3.18. The molecule has 2 aliphatic rings. The SMILES string of the molecule is CCNC1CCC(N(C)CC2Cc3ccccc32)CC1. The number of likely N-dealkylation sites (N-methyl/N-ethyl adjacent to an activating group) is 1. The Balaban J connectivity index is 1.48. The molecule has 0 amide bonds. The molecule has 1 saturated carbocycles. The lowest BCUT2D eigenvalue weighted by Gasteiger charge is -2.39. The molecule has 1 atom stereocenters. The molecule has 2 aliphatic carbocycles. The molecule has 1 aromatic rings. The molecule has 1 unspecified atom stereocenters. The van der Waals surface area contributed by atoms with Gasteiger partial charge >= 0.3 is 0 Å². The topological polar surface area (TPSA) is 15.3 Å². The lowest BCUT2D eigenvalue weighted by Crippen LogP contribution is -2.43. The number of hydrogen-bond donors (Lipinski definition) is 1. The van der Waals surface area contributed by atoms with Gasteiger partial charge in [-0.05, 0) is 56.8 Å². The van der Waals surface area contributed by atoms with Crippen LogP contribution in [0.1, 0.15) is 49.7 Å². The zero-order chi connectivity index (χ0) is 13.9. The van der Waals surface area contributed by atoms with Gasteiger partial charge in [0.2, 0.25) is 0 Å². The largest absolute Gasteiger partial charge is 0.314 e. The third-order valence-corrected chi connectivity index (χ3v) is 5.28. The maximum atomic E-state index is 3.60. The Morgan fingerprint density at radius 2 is 1.90 bits per heavy atom. The number of nitrogens with one attached hydrogen (secondary N) is 1. The molecule has 0 radical (unpaired) electrons. The van der Waals surface area contributed by atoms with E-state index in [9.17, 15) is 0 Å². The molecule has 0 aromatic heterocycles. The van der Waals surface area contributed by atoms with E-state index in [1.165, 1.54) is 38.6 Å². The number of hydrogen-bond acceptors (Lipinski definition) is 2. The number of benzene rings is 1. The molecular formula is C18H28N2. The van der Waals surface area contributed by atoms with E-state index >= 15 is 0 Å². The van der Waals surface area contributed by atoms with Gasteiger partial charge in [0, 0.05) is 24.5 Å². The van der Waals surface area contributed by atoms with Gasteiger partial charge in [0.15, 0.2) is 0 Å². The average molecular weight is 272 g/mol. The van der Waals surface area contributed by atoms with E-state index in [1.54, 1.807) is 11.1 Å². The first kappa shape index (κ1) is 14.1. The first-order valence-corrected chi connectivity index (χ1v) is 8.29. The predicted molar refractivity (Wildman–Crippen MR) is 85.2 cm³/mol. The second-order valence-electron chi connectivity index (χ2n) is 6.60.